The van der Waals surface area contributed by atoms with Gasteiger partial charge in [0.15, 0.2) is 0 Å². The van der Waals surface area contributed by atoms with Crippen LogP contribution in [0.1, 0.15) is 19.8 Å². The molecule has 0 spiro atoms. The van der Waals surface area contributed by atoms with E-state index in [-0.39, 0.29) is 0 Å². The van der Waals surface area contributed by atoms with Crippen LogP contribution in [0.5, 0.6) is 11.9 Å². The maximum Gasteiger partial charge on any atom is 0.319 e. The maximum atomic E-state index is 5.66. The van der Waals surface area contributed by atoms with Gasteiger partial charge in [0.2, 0.25) is 5.88 Å². The molecule has 2 atom stereocenters. The summed E-state index contributed by atoms with van der Waals surface area (Å²) in [5, 5.41) is 0. The summed E-state index contributed by atoms with van der Waals surface area (Å²) in [6.07, 6.45) is 8.29. The molecule has 2 unspecified atom stereocenters. The minimum absolute atomic E-state index is 0.372. The van der Waals surface area contributed by atoms with Gasteiger partial charge >= 0.3 is 6.01 Å². The first-order valence-corrected chi connectivity index (χ1v) is 6.84. The smallest absolute Gasteiger partial charge is 0.319 e. The molecule has 18 heavy (non-hydrogen) atoms. The molecule has 0 aliphatic heterocycles. The zero-order chi connectivity index (χ0) is 13.0. The normalized spacial score (nSPS) is 22.8. The Bertz CT molecular complexity index is 437. The molecular weight excluding hydrogens is 296 g/mol. The second-order valence-corrected chi connectivity index (χ2v) is 5.36. The van der Waals surface area contributed by atoms with Crippen LogP contribution in [0.15, 0.2) is 22.8 Å². The Labute approximate surface area is 116 Å². The van der Waals surface area contributed by atoms with Gasteiger partial charge in [0.05, 0.1) is 24.4 Å². The second-order valence-electron chi connectivity index (χ2n) is 4.50. The molecule has 1 heterocycles. The van der Waals surface area contributed by atoms with Gasteiger partial charge in [0.25, 0.3) is 0 Å². The van der Waals surface area contributed by atoms with Gasteiger partial charge in [0, 0.05) is 0 Å². The van der Waals surface area contributed by atoms with Crippen molar-refractivity contribution < 1.29 is 9.47 Å². The molecule has 4 nitrogen and oxygen atoms in total. The highest BCUT2D eigenvalue weighted by molar-refractivity contribution is 9.10. The summed E-state index contributed by atoms with van der Waals surface area (Å²) in [4.78, 5) is 8.30. The molecule has 1 aliphatic carbocycles. The summed E-state index contributed by atoms with van der Waals surface area (Å²) in [5.41, 5.74) is 0. The summed E-state index contributed by atoms with van der Waals surface area (Å²) in [6.45, 7) is 2.90. The number of halogens is 1. The lowest BCUT2D eigenvalue weighted by molar-refractivity contribution is 0.184. The molecule has 2 rings (SSSR count). The Balaban J connectivity index is 1.95. The molecule has 0 aromatic carbocycles. The lowest BCUT2D eigenvalue weighted by atomic mass is 9.85. The molecule has 0 amide bonds. The molecular formula is C13H17BrN2O2. The summed E-state index contributed by atoms with van der Waals surface area (Å²) in [6, 6.07) is 0.372. The number of methoxy groups -OCH3 is 1. The highest BCUT2D eigenvalue weighted by Gasteiger charge is 2.19. The molecule has 1 aliphatic rings. The van der Waals surface area contributed by atoms with Crippen molar-refractivity contribution in [3.05, 3.63) is 22.8 Å². The van der Waals surface area contributed by atoms with E-state index in [1.807, 2.05) is 0 Å². The average molecular weight is 313 g/mol. The minimum Gasteiger partial charge on any atom is -0.480 e. The van der Waals surface area contributed by atoms with Crippen LogP contribution in [0.2, 0.25) is 0 Å². The van der Waals surface area contributed by atoms with E-state index >= 15 is 0 Å². The SMILES string of the molecule is COc1nc(OCC2CC=CCC2C)ncc1Br. The van der Waals surface area contributed by atoms with Crippen LogP contribution in [0, 0.1) is 11.8 Å². The third kappa shape index (κ3) is 3.22. The van der Waals surface area contributed by atoms with Gasteiger partial charge in [-0.1, -0.05) is 19.1 Å². The van der Waals surface area contributed by atoms with Gasteiger partial charge < -0.3 is 9.47 Å². The van der Waals surface area contributed by atoms with Crippen molar-refractivity contribution in [1.82, 2.24) is 9.97 Å². The summed E-state index contributed by atoms with van der Waals surface area (Å²) >= 11 is 3.31. The van der Waals surface area contributed by atoms with Gasteiger partial charge in [-0.15, -0.1) is 0 Å². The molecule has 1 aromatic heterocycles. The van der Waals surface area contributed by atoms with Crippen LogP contribution in [0.4, 0.5) is 0 Å². The van der Waals surface area contributed by atoms with Crippen LogP contribution < -0.4 is 9.47 Å². The van der Waals surface area contributed by atoms with Crippen LogP contribution in [0.3, 0.4) is 0 Å². The summed E-state index contributed by atoms with van der Waals surface area (Å²) in [7, 11) is 1.57. The summed E-state index contributed by atoms with van der Waals surface area (Å²) in [5.74, 6) is 1.68. The van der Waals surface area contributed by atoms with Crippen LogP contribution >= 0.6 is 15.9 Å². The fourth-order valence-electron chi connectivity index (χ4n) is 1.97. The van der Waals surface area contributed by atoms with Gasteiger partial charge in [-0.25, -0.2) is 4.98 Å². The molecule has 0 fully saturated rings. The molecule has 0 saturated carbocycles. The zero-order valence-corrected chi connectivity index (χ0v) is 12.2. The topological polar surface area (TPSA) is 44.2 Å². The molecule has 98 valence electrons. The second kappa shape index (κ2) is 6.18. The van der Waals surface area contributed by atoms with Gasteiger partial charge in [-0.05, 0) is 40.6 Å². The highest BCUT2D eigenvalue weighted by Crippen LogP contribution is 2.26. The largest absolute Gasteiger partial charge is 0.480 e. The first-order chi connectivity index (χ1) is 8.70. The fourth-order valence-corrected chi connectivity index (χ4v) is 2.32. The monoisotopic (exact) mass is 312 g/mol. The number of aromatic nitrogens is 2. The van der Waals surface area contributed by atoms with Gasteiger partial charge in [-0.2, -0.15) is 4.98 Å². The van der Waals surface area contributed by atoms with Crippen molar-refractivity contribution in [2.24, 2.45) is 11.8 Å². The van der Waals surface area contributed by atoms with E-state index in [0.29, 0.717) is 30.3 Å². The Morgan fingerprint density at radius 1 is 1.39 bits per heavy atom. The van der Waals surface area contributed by atoms with E-state index in [1.165, 1.54) is 0 Å². The first-order valence-electron chi connectivity index (χ1n) is 6.05. The Morgan fingerprint density at radius 3 is 2.89 bits per heavy atom. The van der Waals surface area contributed by atoms with Crippen molar-refractivity contribution >= 4 is 15.9 Å². The fraction of sp³-hybridized carbons (Fsp3) is 0.538. The number of rotatable bonds is 4. The lowest BCUT2D eigenvalue weighted by Gasteiger charge is -2.24. The zero-order valence-electron chi connectivity index (χ0n) is 10.6. The van der Waals surface area contributed by atoms with E-state index in [4.69, 9.17) is 9.47 Å². The molecule has 0 radical (unpaired) electrons. The van der Waals surface area contributed by atoms with Crippen molar-refractivity contribution in [3.8, 4) is 11.9 Å². The van der Waals surface area contributed by atoms with Crippen molar-refractivity contribution in [1.29, 1.82) is 0 Å². The summed E-state index contributed by atoms with van der Waals surface area (Å²) < 4.78 is 11.5. The van der Waals surface area contributed by atoms with Crippen molar-refractivity contribution in [2.75, 3.05) is 13.7 Å². The van der Waals surface area contributed by atoms with Crippen LogP contribution in [-0.4, -0.2) is 23.7 Å². The number of ether oxygens (including phenoxy) is 2. The van der Waals surface area contributed by atoms with E-state index in [9.17, 15) is 0 Å². The number of hydrogen-bond donors (Lipinski definition) is 0. The predicted molar refractivity (Wildman–Crippen MR) is 72.8 cm³/mol. The average Bonchev–Trinajstić information content (AvgIpc) is 2.39. The quantitative estimate of drug-likeness (QED) is 0.801. The molecule has 0 N–H and O–H groups in total. The number of hydrogen-bond acceptors (Lipinski definition) is 4. The minimum atomic E-state index is 0.372. The van der Waals surface area contributed by atoms with Crippen molar-refractivity contribution in [3.63, 3.8) is 0 Å². The molecule has 1 aromatic rings. The van der Waals surface area contributed by atoms with E-state index in [0.717, 1.165) is 17.3 Å². The highest BCUT2D eigenvalue weighted by atomic mass is 79.9. The van der Waals surface area contributed by atoms with Crippen LogP contribution in [0.25, 0.3) is 0 Å². The Morgan fingerprint density at radius 2 is 2.17 bits per heavy atom. The number of nitrogens with zero attached hydrogens (tertiary/aromatic N) is 2. The van der Waals surface area contributed by atoms with Crippen molar-refractivity contribution in [2.45, 2.75) is 19.8 Å². The Hall–Kier alpha value is -1.10. The molecule has 0 saturated heterocycles. The van der Waals surface area contributed by atoms with Crippen LogP contribution in [-0.2, 0) is 0 Å². The van der Waals surface area contributed by atoms with E-state index < -0.39 is 0 Å². The van der Waals surface area contributed by atoms with Gasteiger partial charge in [0.1, 0.15) is 0 Å². The van der Waals surface area contributed by atoms with E-state index in [2.05, 4.69) is 45.0 Å². The first kappa shape index (κ1) is 13.3. The molecule has 5 heteroatoms. The predicted octanol–water partition coefficient (Wildman–Crippen LogP) is 3.23. The molecule has 0 bridgehead atoms. The standard InChI is InChI=1S/C13H17BrN2O2/c1-9-5-3-4-6-10(9)8-18-13-15-7-11(14)12(16-13)17-2/h3-4,7,9-10H,5-6,8H2,1-2H3. The van der Waals surface area contributed by atoms with E-state index in [1.54, 1.807) is 13.3 Å². The third-order valence-corrected chi connectivity index (χ3v) is 3.77. The van der Waals surface area contributed by atoms with Gasteiger partial charge in [-0.3, -0.25) is 0 Å². The Kier molecular flexibility index (Phi) is 4.58. The number of allylic oxidation sites excluding steroid dienone is 2. The third-order valence-electron chi connectivity index (χ3n) is 3.23. The maximum absolute atomic E-state index is 5.66. The lowest BCUT2D eigenvalue weighted by Crippen LogP contribution is -2.21.